The average molecular weight is 453 g/mol. The summed E-state index contributed by atoms with van der Waals surface area (Å²) in [6.07, 6.45) is 3.19. The van der Waals surface area contributed by atoms with Crippen molar-refractivity contribution >= 4 is 57.6 Å². The summed E-state index contributed by atoms with van der Waals surface area (Å²) < 4.78 is 0. The molecule has 0 saturated carbocycles. The van der Waals surface area contributed by atoms with Gasteiger partial charge >= 0.3 is 0 Å². The molecule has 0 spiro atoms. The van der Waals surface area contributed by atoms with Gasteiger partial charge in [0.25, 0.3) is 0 Å². The van der Waals surface area contributed by atoms with E-state index in [0.29, 0.717) is 31.9 Å². The number of carbonyl (C=O) groups excluding carboxylic acids is 1. The molecule has 1 aromatic heterocycles. The van der Waals surface area contributed by atoms with Crippen molar-refractivity contribution in [2.24, 2.45) is 0 Å². The Morgan fingerprint density at radius 1 is 0.900 bits per heavy atom. The first-order valence-corrected chi connectivity index (χ1v) is 10.4. The molecule has 148 valence electrons. The van der Waals surface area contributed by atoms with Gasteiger partial charge in [0.15, 0.2) is 5.78 Å². The van der Waals surface area contributed by atoms with Crippen LogP contribution in [-0.2, 0) is 0 Å². The summed E-state index contributed by atoms with van der Waals surface area (Å²) in [6.45, 7) is 1.85. The first kappa shape index (κ1) is 20.6. The first-order valence-electron chi connectivity index (χ1n) is 9.27. The highest BCUT2D eigenvalue weighted by Crippen LogP contribution is 2.34. The van der Waals surface area contributed by atoms with Gasteiger partial charge in [-0.3, -0.25) is 9.78 Å². The molecule has 0 N–H and O–H groups in total. The van der Waals surface area contributed by atoms with Gasteiger partial charge in [-0.2, -0.15) is 0 Å². The predicted octanol–water partition coefficient (Wildman–Crippen LogP) is 8.07. The number of rotatable bonds is 4. The van der Waals surface area contributed by atoms with E-state index < -0.39 is 0 Å². The molecule has 0 aliphatic heterocycles. The van der Waals surface area contributed by atoms with Gasteiger partial charge in [-0.1, -0.05) is 65.1 Å². The molecule has 4 aromatic rings. The van der Waals surface area contributed by atoms with Gasteiger partial charge in [-0.05, 0) is 66.6 Å². The zero-order valence-electron chi connectivity index (χ0n) is 16.0. The van der Waals surface area contributed by atoms with Gasteiger partial charge in [0.1, 0.15) is 0 Å². The number of pyridine rings is 1. The van der Waals surface area contributed by atoms with Crippen molar-refractivity contribution in [2.75, 3.05) is 0 Å². The van der Waals surface area contributed by atoms with Crippen LogP contribution in [0.2, 0.25) is 15.1 Å². The predicted molar refractivity (Wildman–Crippen MR) is 127 cm³/mol. The highest BCUT2D eigenvalue weighted by Gasteiger charge is 2.19. The van der Waals surface area contributed by atoms with E-state index in [4.69, 9.17) is 34.8 Å². The smallest absolute Gasteiger partial charge is 0.188 e. The number of carbonyl (C=O) groups is 1. The SMILES string of the molecule is Cc1nc2ccccc2c(-c2ccc(Cl)cc2)c1C(=O)/C=C/c1cc(Cl)ccc1Cl. The van der Waals surface area contributed by atoms with Crippen LogP contribution in [0, 0.1) is 6.92 Å². The number of fused-ring (bicyclic) bond motifs is 1. The number of benzene rings is 3. The molecule has 0 atom stereocenters. The molecule has 0 amide bonds. The second kappa shape index (κ2) is 8.61. The number of halogens is 3. The van der Waals surface area contributed by atoms with Crippen LogP contribution in [0.1, 0.15) is 21.6 Å². The molecule has 3 aromatic carbocycles. The van der Waals surface area contributed by atoms with Crippen LogP contribution in [0.5, 0.6) is 0 Å². The van der Waals surface area contributed by atoms with Gasteiger partial charge < -0.3 is 0 Å². The third-order valence-electron chi connectivity index (χ3n) is 4.82. The van der Waals surface area contributed by atoms with Crippen molar-refractivity contribution in [2.45, 2.75) is 6.92 Å². The number of hydrogen-bond donors (Lipinski definition) is 0. The highest BCUT2D eigenvalue weighted by molar-refractivity contribution is 6.34. The van der Waals surface area contributed by atoms with Crippen molar-refractivity contribution < 1.29 is 4.79 Å². The fourth-order valence-corrected chi connectivity index (χ4v) is 3.93. The van der Waals surface area contributed by atoms with Crippen molar-refractivity contribution in [1.29, 1.82) is 0 Å². The largest absolute Gasteiger partial charge is 0.289 e. The number of para-hydroxylation sites is 1. The zero-order valence-corrected chi connectivity index (χ0v) is 18.3. The number of nitrogens with zero attached hydrogens (tertiary/aromatic N) is 1. The standard InChI is InChI=1S/C25H16Cl3NO/c1-15-24(23(30)13-8-17-14-19(27)11-12-21(17)28)25(16-6-9-18(26)10-7-16)20-4-2-3-5-22(20)29-15/h2-14H,1H3/b13-8+. The number of hydrogen-bond acceptors (Lipinski definition) is 2. The van der Waals surface area contributed by atoms with E-state index in [0.717, 1.165) is 22.0 Å². The number of aromatic nitrogens is 1. The molecule has 0 bridgehead atoms. The average Bonchev–Trinajstić information content (AvgIpc) is 2.74. The maximum atomic E-state index is 13.3. The Bertz CT molecular complexity index is 1290. The van der Waals surface area contributed by atoms with Crippen LogP contribution in [0.25, 0.3) is 28.1 Å². The monoisotopic (exact) mass is 451 g/mol. The van der Waals surface area contributed by atoms with Crippen LogP contribution in [-0.4, -0.2) is 10.8 Å². The van der Waals surface area contributed by atoms with Crippen LogP contribution < -0.4 is 0 Å². The third-order valence-corrected chi connectivity index (χ3v) is 5.66. The fourth-order valence-electron chi connectivity index (χ4n) is 3.44. The lowest BCUT2D eigenvalue weighted by molar-refractivity contribution is 0.104. The summed E-state index contributed by atoms with van der Waals surface area (Å²) in [4.78, 5) is 18.0. The minimum absolute atomic E-state index is 0.160. The van der Waals surface area contributed by atoms with Gasteiger partial charge in [-0.15, -0.1) is 0 Å². The van der Waals surface area contributed by atoms with E-state index in [1.165, 1.54) is 6.08 Å². The maximum Gasteiger partial charge on any atom is 0.188 e. The molecule has 0 unspecified atom stereocenters. The van der Waals surface area contributed by atoms with E-state index in [9.17, 15) is 4.79 Å². The Hall–Kier alpha value is -2.65. The topological polar surface area (TPSA) is 30.0 Å². The molecular formula is C25H16Cl3NO. The molecule has 2 nitrogen and oxygen atoms in total. The molecule has 1 heterocycles. The minimum Gasteiger partial charge on any atom is -0.289 e. The van der Waals surface area contributed by atoms with E-state index in [1.807, 2.05) is 55.5 Å². The summed E-state index contributed by atoms with van der Waals surface area (Å²) in [6, 6.07) is 20.4. The lowest BCUT2D eigenvalue weighted by Gasteiger charge is -2.14. The zero-order chi connectivity index (χ0) is 21.3. The quantitative estimate of drug-likeness (QED) is 0.231. The van der Waals surface area contributed by atoms with Crippen molar-refractivity contribution in [3.63, 3.8) is 0 Å². The number of aryl methyl sites for hydroxylation is 1. The van der Waals surface area contributed by atoms with Crippen LogP contribution in [0.4, 0.5) is 0 Å². The molecule has 5 heteroatoms. The Kier molecular flexibility index (Phi) is 5.92. The number of ketones is 1. The number of allylic oxidation sites excluding steroid dienone is 1. The lowest BCUT2D eigenvalue weighted by atomic mass is 9.92. The van der Waals surface area contributed by atoms with Crippen LogP contribution >= 0.6 is 34.8 Å². The molecule has 4 rings (SSSR count). The highest BCUT2D eigenvalue weighted by atomic mass is 35.5. The summed E-state index contributed by atoms with van der Waals surface area (Å²) in [5, 5.41) is 2.62. The Morgan fingerprint density at radius 3 is 2.37 bits per heavy atom. The second-order valence-corrected chi connectivity index (χ2v) is 8.11. The molecule has 0 saturated heterocycles. The van der Waals surface area contributed by atoms with Gasteiger partial charge in [0, 0.05) is 31.7 Å². The molecule has 30 heavy (non-hydrogen) atoms. The molecule has 0 fully saturated rings. The summed E-state index contributed by atoms with van der Waals surface area (Å²) in [5.41, 5.74) is 4.45. The van der Waals surface area contributed by atoms with E-state index in [1.54, 1.807) is 24.3 Å². The fraction of sp³-hybridized carbons (Fsp3) is 0.0400. The summed E-state index contributed by atoms with van der Waals surface area (Å²) >= 11 is 18.4. The first-order chi connectivity index (χ1) is 14.4. The maximum absolute atomic E-state index is 13.3. The van der Waals surface area contributed by atoms with E-state index in [2.05, 4.69) is 4.98 Å². The normalized spacial score (nSPS) is 11.3. The summed E-state index contributed by atoms with van der Waals surface area (Å²) in [5.74, 6) is -0.160. The van der Waals surface area contributed by atoms with Gasteiger partial charge in [0.05, 0.1) is 11.1 Å². The minimum atomic E-state index is -0.160. The molecule has 0 radical (unpaired) electrons. The Morgan fingerprint density at radius 2 is 1.60 bits per heavy atom. The van der Waals surface area contributed by atoms with Gasteiger partial charge in [0.2, 0.25) is 0 Å². The third kappa shape index (κ3) is 4.13. The van der Waals surface area contributed by atoms with Crippen molar-refractivity contribution in [3.8, 4) is 11.1 Å². The van der Waals surface area contributed by atoms with E-state index >= 15 is 0 Å². The Labute approximate surface area is 189 Å². The Balaban J connectivity index is 1.89. The molecule has 0 aliphatic carbocycles. The van der Waals surface area contributed by atoms with Crippen LogP contribution in [0.3, 0.4) is 0 Å². The van der Waals surface area contributed by atoms with Crippen molar-refractivity contribution in [1.82, 2.24) is 4.98 Å². The van der Waals surface area contributed by atoms with Crippen molar-refractivity contribution in [3.05, 3.63) is 105 Å². The lowest BCUT2D eigenvalue weighted by Crippen LogP contribution is -2.05. The second-order valence-electron chi connectivity index (χ2n) is 6.83. The summed E-state index contributed by atoms with van der Waals surface area (Å²) in [7, 11) is 0. The van der Waals surface area contributed by atoms with Gasteiger partial charge in [-0.25, -0.2) is 0 Å². The van der Waals surface area contributed by atoms with Crippen LogP contribution in [0.15, 0.2) is 72.8 Å². The molecule has 0 aliphatic rings. The molecular weight excluding hydrogens is 437 g/mol. The van der Waals surface area contributed by atoms with E-state index in [-0.39, 0.29) is 5.78 Å².